The summed E-state index contributed by atoms with van der Waals surface area (Å²) in [6, 6.07) is 21.3. The summed E-state index contributed by atoms with van der Waals surface area (Å²) in [6.07, 6.45) is 5.99. The van der Waals surface area contributed by atoms with Gasteiger partial charge in [0, 0.05) is 32.7 Å². The molecular formula is C38H38N4O6S2. The number of nitrogens with zero attached hydrogens (tertiary/aromatic N) is 1. The minimum absolute atomic E-state index is 0.0415. The third-order valence-corrected chi connectivity index (χ3v) is 10.7. The van der Waals surface area contributed by atoms with Gasteiger partial charge in [-0.25, -0.2) is 0 Å². The van der Waals surface area contributed by atoms with E-state index in [2.05, 4.69) is 22.0 Å². The molecule has 3 N–H and O–H groups in total. The summed E-state index contributed by atoms with van der Waals surface area (Å²) in [5.74, 6) is 0.0145. The zero-order valence-electron chi connectivity index (χ0n) is 28.3. The fourth-order valence-electron chi connectivity index (χ4n) is 5.56. The quantitative estimate of drug-likeness (QED) is 0.0962. The standard InChI is InChI=1S/C38H38N4O6S2/c1-5-33(37(45)42-38-28(22-39)27-16-9-10-17-34(27)50-38)49-26-15-11-14-25(20-26)40-36(44)29(41-35(43)23-12-7-6-8-13-23)18-24-19-31(47-3)32(48-4)21-30(24)46-2/h6-8,11-15,18-21,33H,5,9-10,16-17H2,1-4H3,(H,40,44)(H,41,43)(H,42,45)/b29-18+. The van der Waals surface area contributed by atoms with E-state index in [1.54, 1.807) is 60.7 Å². The lowest BCUT2D eigenvalue weighted by Crippen LogP contribution is -2.30. The number of benzene rings is 3. The molecule has 1 aliphatic rings. The molecule has 4 aromatic rings. The maximum atomic E-state index is 13.8. The largest absolute Gasteiger partial charge is 0.496 e. The van der Waals surface area contributed by atoms with Crippen molar-refractivity contribution in [3.8, 4) is 23.3 Å². The number of nitriles is 1. The van der Waals surface area contributed by atoms with Gasteiger partial charge in [0.15, 0.2) is 11.5 Å². The first-order valence-corrected chi connectivity index (χ1v) is 17.8. The lowest BCUT2D eigenvalue weighted by atomic mass is 9.96. The van der Waals surface area contributed by atoms with E-state index in [0.29, 0.717) is 51.0 Å². The number of methoxy groups -OCH3 is 3. The molecule has 50 heavy (non-hydrogen) atoms. The van der Waals surface area contributed by atoms with Gasteiger partial charge in [0.05, 0.1) is 32.1 Å². The van der Waals surface area contributed by atoms with Crippen LogP contribution < -0.4 is 30.2 Å². The molecule has 1 atom stereocenters. The van der Waals surface area contributed by atoms with Crippen LogP contribution in [0.4, 0.5) is 10.7 Å². The Morgan fingerprint density at radius 2 is 1.64 bits per heavy atom. The minimum atomic E-state index is -0.580. The fourth-order valence-corrected chi connectivity index (χ4v) is 7.82. The Morgan fingerprint density at radius 3 is 2.34 bits per heavy atom. The van der Waals surface area contributed by atoms with Crippen molar-refractivity contribution in [3.63, 3.8) is 0 Å². The normalized spacial score (nSPS) is 12.9. The Bertz CT molecular complexity index is 1950. The highest BCUT2D eigenvalue weighted by Crippen LogP contribution is 2.39. The Balaban J connectivity index is 1.37. The predicted octanol–water partition coefficient (Wildman–Crippen LogP) is 7.44. The molecule has 1 heterocycles. The first-order chi connectivity index (χ1) is 24.3. The van der Waals surface area contributed by atoms with E-state index in [0.717, 1.165) is 36.1 Å². The van der Waals surface area contributed by atoms with Gasteiger partial charge in [-0.3, -0.25) is 14.4 Å². The molecule has 1 aliphatic carbocycles. The van der Waals surface area contributed by atoms with Crippen molar-refractivity contribution in [2.75, 3.05) is 32.0 Å². The molecule has 0 saturated carbocycles. The highest BCUT2D eigenvalue weighted by molar-refractivity contribution is 8.00. The highest BCUT2D eigenvalue weighted by Gasteiger charge is 2.25. The third kappa shape index (κ3) is 8.48. The molecular weight excluding hydrogens is 673 g/mol. The molecule has 3 amide bonds. The molecule has 0 fully saturated rings. The first kappa shape index (κ1) is 36.0. The number of anilines is 2. The minimum Gasteiger partial charge on any atom is -0.496 e. The summed E-state index contributed by atoms with van der Waals surface area (Å²) in [5, 5.41) is 18.7. The summed E-state index contributed by atoms with van der Waals surface area (Å²) < 4.78 is 16.4. The van der Waals surface area contributed by atoms with Gasteiger partial charge in [0.2, 0.25) is 5.91 Å². The van der Waals surface area contributed by atoms with Gasteiger partial charge in [0.1, 0.15) is 22.5 Å². The van der Waals surface area contributed by atoms with Crippen LogP contribution in [0.3, 0.4) is 0 Å². The van der Waals surface area contributed by atoms with Crippen LogP contribution >= 0.6 is 23.1 Å². The second-order valence-electron chi connectivity index (χ2n) is 11.3. The number of thiophene rings is 1. The van der Waals surface area contributed by atoms with Gasteiger partial charge in [-0.1, -0.05) is 31.2 Å². The van der Waals surface area contributed by atoms with E-state index in [9.17, 15) is 19.6 Å². The Morgan fingerprint density at radius 1 is 0.920 bits per heavy atom. The van der Waals surface area contributed by atoms with E-state index < -0.39 is 17.1 Å². The lowest BCUT2D eigenvalue weighted by molar-refractivity contribution is -0.116. The maximum Gasteiger partial charge on any atom is 0.272 e. The van der Waals surface area contributed by atoms with Crippen LogP contribution in [0, 0.1) is 11.3 Å². The van der Waals surface area contributed by atoms with Crippen molar-refractivity contribution in [2.24, 2.45) is 0 Å². The SMILES string of the molecule is CCC(Sc1cccc(NC(=O)/C(=C\c2cc(OC)c(OC)cc2OC)NC(=O)c2ccccc2)c1)C(=O)Nc1sc2c(c1C#N)CCCC2. The number of hydrogen-bond donors (Lipinski definition) is 3. The van der Waals surface area contributed by atoms with E-state index >= 15 is 0 Å². The number of thioether (sulfide) groups is 1. The number of rotatable bonds is 13. The first-order valence-electron chi connectivity index (χ1n) is 16.1. The Kier molecular flexibility index (Phi) is 12.2. The van der Waals surface area contributed by atoms with Crippen LogP contribution in [0.1, 0.15) is 58.1 Å². The summed E-state index contributed by atoms with van der Waals surface area (Å²) >= 11 is 2.87. The predicted molar refractivity (Wildman–Crippen MR) is 197 cm³/mol. The van der Waals surface area contributed by atoms with Gasteiger partial charge >= 0.3 is 0 Å². The van der Waals surface area contributed by atoms with Gasteiger partial charge in [-0.05, 0) is 80.1 Å². The summed E-state index contributed by atoms with van der Waals surface area (Å²) in [5.41, 5.74) is 2.92. The molecule has 0 aliphatic heterocycles. The zero-order chi connectivity index (χ0) is 35.6. The zero-order valence-corrected chi connectivity index (χ0v) is 29.9. The van der Waals surface area contributed by atoms with Gasteiger partial charge < -0.3 is 30.2 Å². The number of aryl methyl sites for hydroxylation is 1. The molecule has 3 aromatic carbocycles. The molecule has 10 nitrogen and oxygen atoms in total. The number of carbonyl (C=O) groups excluding carboxylic acids is 3. The molecule has 0 saturated heterocycles. The highest BCUT2D eigenvalue weighted by atomic mass is 32.2. The van der Waals surface area contributed by atoms with Gasteiger partial charge in [-0.15, -0.1) is 23.1 Å². The molecule has 0 bridgehead atoms. The second kappa shape index (κ2) is 16.9. The van der Waals surface area contributed by atoms with Crippen molar-refractivity contribution in [1.82, 2.24) is 5.32 Å². The summed E-state index contributed by atoms with van der Waals surface area (Å²) in [6.45, 7) is 1.93. The van der Waals surface area contributed by atoms with E-state index in [4.69, 9.17) is 14.2 Å². The van der Waals surface area contributed by atoms with E-state index in [-0.39, 0.29) is 11.6 Å². The molecule has 5 rings (SSSR count). The average molecular weight is 711 g/mol. The third-order valence-electron chi connectivity index (χ3n) is 8.12. The summed E-state index contributed by atoms with van der Waals surface area (Å²) in [7, 11) is 4.50. The molecule has 0 spiro atoms. The average Bonchev–Trinajstić information content (AvgIpc) is 3.50. The topological polar surface area (TPSA) is 139 Å². The van der Waals surface area contributed by atoms with Crippen molar-refractivity contribution < 1.29 is 28.6 Å². The number of nitrogens with one attached hydrogen (secondary N) is 3. The number of hydrogen-bond acceptors (Lipinski definition) is 9. The van der Waals surface area contributed by atoms with Crippen molar-refractivity contribution in [3.05, 3.63) is 99.6 Å². The van der Waals surface area contributed by atoms with Crippen LogP contribution in [0.15, 0.2) is 77.3 Å². The van der Waals surface area contributed by atoms with E-state index in [1.165, 1.54) is 55.4 Å². The van der Waals surface area contributed by atoms with Crippen molar-refractivity contribution in [1.29, 1.82) is 5.26 Å². The molecule has 12 heteroatoms. The number of carbonyl (C=O) groups is 3. The fraction of sp³-hybridized carbons (Fsp3) is 0.263. The molecule has 0 radical (unpaired) electrons. The smallest absolute Gasteiger partial charge is 0.272 e. The van der Waals surface area contributed by atoms with Crippen LogP contribution in [0.5, 0.6) is 17.2 Å². The van der Waals surface area contributed by atoms with Crippen LogP contribution in [0.25, 0.3) is 6.08 Å². The molecule has 1 aromatic heterocycles. The van der Waals surface area contributed by atoms with Gasteiger partial charge in [-0.2, -0.15) is 5.26 Å². The van der Waals surface area contributed by atoms with Crippen LogP contribution in [-0.4, -0.2) is 44.3 Å². The second-order valence-corrected chi connectivity index (χ2v) is 13.7. The van der Waals surface area contributed by atoms with Gasteiger partial charge in [0.25, 0.3) is 11.8 Å². The van der Waals surface area contributed by atoms with E-state index in [1.807, 2.05) is 13.0 Å². The molecule has 1 unspecified atom stereocenters. The Hall–Kier alpha value is -5.25. The van der Waals surface area contributed by atoms with Crippen molar-refractivity contribution >= 4 is 57.6 Å². The lowest BCUT2D eigenvalue weighted by Gasteiger charge is -2.16. The van der Waals surface area contributed by atoms with Crippen LogP contribution in [0.2, 0.25) is 0 Å². The number of ether oxygens (including phenoxy) is 3. The number of amides is 3. The number of fused-ring (bicyclic) bond motifs is 1. The van der Waals surface area contributed by atoms with Crippen LogP contribution in [-0.2, 0) is 22.4 Å². The summed E-state index contributed by atoms with van der Waals surface area (Å²) in [4.78, 5) is 42.4. The maximum absolute atomic E-state index is 13.8. The monoisotopic (exact) mass is 710 g/mol. The van der Waals surface area contributed by atoms with Crippen molar-refractivity contribution in [2.45, 2.75) is 49.2 Å². The molecule has 258 valence electrons. The Labute approximate surface area is 299 Å².